The Morgan fingerprint density at radius 3 is 2.90 bits per heavy atom. The van der Waals surface area contributed by atoms with Crippen LogP contribution in [0.25, 0.3) is 0 Å². The first-order chi connectivity index (χ1) is 9.76. The molecule has 2 rings (SSSR count). The molecule has 0 saturated carbocycles. The molecule has 1 unspecified atom stereocenters. The maximum Gasteiger partial charge on any atom is 0.317 e. The zero-order valence-corrected chi connectivity index (χ0v) is 12.2. The van der Waals surface area contributed by atoms with Crippen molar-refractivity contribution >= 4 is 6.03 Å². The fourth-order valence-corrected chi connectivity index (χ4v) is 2.47. The van der Waals surface area contributed by atoms with Crippen LogP contribution in [0.5, 0.6) is 5.75 Å². The minimum Gasteiger partial charge on any atom is -0.491 e. The molecule has 110 valence electrons. The van der Waals surface area contributed by atoms with Crippen LogP contribution in [-0.4, -0.2) is 44.2 Å². The molecule has 1 aliphatic heterocycles. The number of ether oxygens (including phenoxy) is 1. The average molecular weight is 277 g/mol. The van der Waals surface area contributed by atoms with Gasteiger partial charge in [0.2, 0.25) is 0 Å². The van der Waals surface area contributed by atoms with Gasteiger partial charge in [-0.3, -0.25) is 0 Å². The molecule has 0 aliphatic carbocycles. The third-order valence-corrected chi connectivity index (χ3v) is 3.62. The molecule has 1 fully saturated rings. The summed E-state index contributed by atoms with van der Waals surface area (Å²) in [7, 11) is 1.96. The molecule has 0 spiro atoms. The number of urea groups is 1. The van der Waals surface area contributed by atoms with Crippen LogP contribution in [0, 0.1) is 0 Å². The molecular formula is C15H23N3O2. The quantitative estimate of drug-likeness (QED) is 0.798. The molecule has 1 atom stereocenters. The number of para-hydroxylation sites is 1. The van der Waals surface area contributed by atoms with Crippen LogP contribution in [0.15, 0.2) is 24.3 Å². The molecule has 1 aromatic carbocycles. The van der Waals surface area contributed by atoms with Crippen LogP contribution < -0.4 is 15.4 Å². The van der Waals surface area contributed by atoms with E-state index < -0.39 is 0 Å². The number of hydrogen-bond acceptors (Lipinski definition) is 3. The van der Waals surface area contributed by atoms with Crippen LogP contribution in [0.1, 0.15) is 24.9 Å². The molecule has 1 heterocycles. The molecule has 0 bridgehead atoms. The van der Waals surface area contributed by atoms with Crippen LogP contribution in [-0.2, 0) is 0 Å². The predicted molar refractivity (Wildman–Crippen MR) is 79.0 cm³/mol. The lowest BCUT2D eigenvalue weighted by atomic mass is 10.0. The van der Waals surface area contributed by atoms with Gasteiger partial charge in [0.05, 0.1) is 6.54 Å². The first kappa shape index (κ1) is 14.7. The molecule has 2 amide bonds. The zero-order valence-electron chi connectivity index (χ0n) is 12.2. The molecule has 20 heavy (non-hydrogen) atoms. The maximum absolute atomic E-state index is 11.4. The van der Waals surface area contributed by atoms with E-state index in [2.05, 4.69) is 23.6 Å². The Labute approximate surface area is 120 Å². The van der Waals surface area contributed by atoms with Crippen molar-refractivity contribution in [1.29, 1.82) is 0 Å². The number of benzene rings is 1. The normalized spacial score (nSPS) is 16.1. The van der Waals surface area contributed by atoms with Gasteiger partial charge in [-0.2, -0.15) is 0 Å². The highest BCUT2D eigenvalue weighted by molar-refractivity contribution is 5.76. The largest absolute Gasteiger partial charge is 0.491 e. The number of rotatable bonds is 7. The molecule has 5 heteroatoms. The first-order valence-corrected chi connectivity index (χ1v) is 7.18. The molecular weight excluding hydrogens is 254 g/mol. The molecule has 0 aromatic heterocycles. The first-order valence-electron chi connectivity index (χ1n) is 7.18. The van der Waals surface area contributed by atoms with Gasteiger partial charge in [-0.15, -0.1) is 0 Å². The summed E-state index contributed by atoms with van der Waals surface area (Å²) >= 11 is 0. The second-order valence-corrected chi connectivity index (χ2v) is 4.85. The Kier molecular flexibility index (Phi) is 5.24. The van der Waals surface area contributed by atoms with Crippen LogP contribution in [0.3, 0.4) is 0 Å². The van der Waals surface area contributed by atoms with Crippen molar-refractivity contribution in [3.05, 3.63) is 29.8 Å². The van der Waals surface area contributed by atoms with Crippen LogP contribution in [0.2, 0.25) is 0 Å². The van der Waals surface area contributed by atoms with E-state index in [1.807, 2.05) is 25.2 Å². The summed E-state index contributed by atoms with van der Waals surface area (Å²) in [5.41, 5.74) is 1.17. The van der Waals surface area contributed by atoms with Crippen molar-refractivity contribution in [3.63, 3.8) is 0 Å². The van der Waals surface area contributed by atoms with E-state index in [4.69, 9.17) is 4.74 Å². The van der Waals surface area contributed by atoms with E-state index in [1.165, 1.54) is 5.56 Å². The fourth-order valence-electron chi connectivity index (χ4n) is 2.47. The molecule has 0 radical (unpaired) electrons. The summed E-state index contributed by atoms with van der Waals surface area (Å²) in [6.07, 6.45) is 1.01. The highest BCUT2D eigenvalue weighted by Crippen LogP contribution is 2.26. The number of amides is 2. The van der Waals surface area contributed by atoms with E-state index in [9.17, 15) is 4.79 Å². The third-order valence-electron chi connectivity index (χ3n) is 3.62. The van der Waals surface area contributed by atoms with E-state index in [-0.39, 0.29) is 6.03 Å². The Bertz CT molecular complexity index is 446. The summed E-state index contributed by atoms with van der Waals surface area (Å²) in [5, 5.41) is 6.08. The number of carbonyl (C=O) groups is 1. The number of nitrogens with one attached hydrogen (secondary N) is 2. The Hall–Kier alpha value is -1.75. The average Bonchev–Trinajstić information content (AvgIpc) is 2.87. The number of nitrogens with zero attached hydrogens (tertiary/aromatic N) is 1. The lowest BCUT2D eigenvalue weighted by Gasteiger charge is -2.20. The van der Waals surface area contributed by atoms with Crippen molar-refractivity contribution < 1.29 is 9.53 Å². The Morgan fingerprint density at radius 2 is 2.25 bits per heavy atom. The van der Waals surface area contributed by atoms with Gasteiger partial charge in [0, 0.05) is 24.7 Å². The zero-order chi connectivity index (χ0) is 14.4. The summed E-state index contributed by atoms with van der Waals surface area (Å²) in [6, 6.07) is 8.37. The van der Waals surface area contributed by atoms with Gasteiger partial charge in [-0.1, -0.05) is 25.1 Å². The SMILES string of the molecule is CCC(NC)c1ccccc1OCCN1CCNC1=O. The lowest BCUT2D eigenvalue weighted by molar-refractivity contribution is 0.202. The van der Waals surface area contributed by atoms with Gasteiger partial charge in [-0.25, -0.2) is 4.79 Å². The van der Waals surface area contributed by atoms with Gasteiger partial charge in [0.25, 0.3) is 0 Å². The number of hydrogen-bond donors (Lipinski definition) is 2. The third kappa shape index (κ3) is 3.42. The lowest BCUT2D eigenvalue weighted by Crippen LogP contribution is -2.32. The maximum atomic E-state index is 11.4. The fraction of sp³-hybridized carbons (Fsp3) is 0.533. The molecule has 1 aliphatic rings. The Morgan fingerprint density at radius 1 is 1.45 bits per heavy atom. The smallest absolute Gasteiger partial charge is 0.317 e. The summed E-state index contributed by atoms with van der Waals surface area (Å²) in [5.74, 6) is 0.897. The van der Waals surface area contributed by atoms with Gasteiger partial charge in [0.15, 0.2) is 0 Å². The summed E-state index contributed by atoms with van der Waals surface area (Å²) in [6.45, 7) is 4.78. The second-order valence-electron chi connectivity index (χ2n) is 4.85. The van der Waals surface area contributed by atoms with E-state index in [0.29, 0.717) is 19.2 Å². The van der Waals surface area contributed by atoms with Gasteiger partial charge < -0.3 is 20.3 Å². The Balaban J connectivity index is 1.93. The van der Waals surface area contributed by atoms with Crippen molar-refractivity contribution in [1.82, 2.24) is 15.5 Å². The van der Waals surface area contributed by atoms with Gasteiger partial charge in [-0.05, 0) is 19.5 Å². The van der Waals surface area contributed by atoms with Gasteiger partial charge >= 0.3 is 6.03 Å². The van der Waals surface area contributed by atoms with Crippen molar-refractivity contribution in [2.75, 3.05) is 33.3 Å². The van der Waals surface area contributed by atoms with E-state index in [1.54, 1.807) is 4.90 Å². The minimum atomic E-state index is 0.00328. The summed E-state index contributed by atoms with van der Waals surface area (Å²) < 4.78 is 5.87. The highest BCUT2D eigenvalue weighted by atomic mass is 16.5. The highest BCUT2D eigenvalue weighted by Gasteiger charge is 2.19. The molecule has 5 nitrogen and oxygen atoms in total. The predicted octanol–water partition coefficient (Wildman–Crippen LogP) is 1.76. The molecule has 2 N–H and O–H groups in total. The minimum absolute atomic E-state index is 0.00328. The molecule has 1 saturated heterocycles. The topological polar surface area (TPSA) is 53.6 Å². The monoisotopic (exact) mass is 277 g/mol. The van der Waals surface area contributed by atoms with Gasteiger partial charge in [0.1, 0.15) is 12.4 Å². The second kappa shape index (κ2) is 7.14. The van der Waals surface area contributed by atoms with Crippen molar-refractivity contribution in [2.45, 2.75) is 19.4 Å². The number of carbonyl (C=O) groups excluding carboxylic acids is 1. The van der Waals surface area contributed by atoms with E-state index in [0.717, 1.165) is 25.3 Å². The molecule has 1 aromatic rings. The summed E-state index contributed by atoms with van der Waals surface area (Å²) in [4.78, 5) is 13.2. The van der Waals surface area contributed by atoms with E-state index >= 15 is 0 Å². The standard InChI is InChI=1S/C15H23N3O2/c1-3-13(16-2)12-6-4-5-7-14(12)20-11-10-18-9-8-17-15(18)19/h4-7,13,16H,3,8-11H2,1-2H3,(H,17,19). The van der Waals surface area contributed by atoms with Crippen molar-refractivity contribution in [3.8, 4) is 5.75 Å². The van der Waals surface area contributed by atoms with Crippen LogP contribution in [0.4, 0.5) is 4.79 Å². The van der Waals surface area contributed by atoms with Crippen molar-refractivity contribution in [2.24, 2.45) is 0 Å². The van der Waals surface area contributed by atoms with Crippen LogP contribution >= 0.6 is 0 Å².